The zero-order valence-electron chi connectivity index (χ0n) is 11.4. The van der Waals surface area contributed by atoms with Gasteiger partial charge in [0.25, 0.3) is 0 Å². The van der Waals surface area contributed by atoms with Crippen LogP contribution in [0.2, 0.25) is 0 Å². The van der Waals surface area contributed by atoms with Gasteiger partial charge in [-0.25, -0.2) is 9.59 Å². The fourth-order valence-electron chi connectivity index (χ4n) is 1.69. The van der Waals surface area contributed by atoms with Crippen LogP contribution in [-0.4, -0.2) is 55.5 Å². The Kier molecular flexibility index (Phi) is 4.95. The summed E-state index contributed by atoms with van der Waals surface area (Å²) < 4.78 is 15.3. The van der Waals surface area contributed by atoms with E-state index in [-0.39, 0.29) is 0 Å². The molecule has 104 valence electrons. The molecule has 1 fully saturated rings. The monoisotopic (exact) mass is 259 g/mol. The molecule has 1 heterocycles. The Hall–Kier alpha value is -1.30. The van der Waals surface area contributed by atoms with Crippen molar-refractivity contribution in [1.82, 2.24) is 4.90 Å². The molecule has 0 bridgehead atoms. The lowest BCUT2D eigenvalue weighted by atomic mass is 10.2. The normalized spacial score (nSPS) is 21.1. The Morgan fingerprint density at radius 2 is 1.94 bits per heavy atom. The van der Waals surface area contributed by atoms with Crippen molar-refractivity contribution in [2.75, 3.05) is 26.9 Å². The van der Waals surface area contributed by atoms with Crippen molar-refractivity contribution in [3.8, 4) is 0 Å². The van der Waals surface area contributed by atoms with Crippen molar-refractivity contribution in [3.63, 3.8) is 0 Å². The van der Waals surface area contributed by atoms with Gasteiger partial charge in [-0.3, -0.25) is 4.90 Å². The Morgan fingerprint density at radius 3 is 2.50 bits per heavy atom. The third-order valence-corrected chi connectivity index (χ3v) is 2.49. The maximum Gasteiger partial charge on any atom is 0.411 e. The fourth-order valence-corrected chi connectivity index (χ4v) is 1.69. The van der Waals surface area contributed by atoms with E-state index >= 15 is 0 Å². The second-order valence-electron chi connectivity index (χ2n) is 5.11. The van der Waals surface area contributed by atoms with Crippen molar-refractivity contribution in [1.29, 1.82) is 0 Å². The Bertz CT molecular complexity index is 310. The van der Waals surface area contributed by atoms with Crippen molar-refractivity contribution in [3.05, 3.63) is 0 Å². The zero-order chi connectivity index (χ0) is 13.8. The smallest absolute Gasteiger partial charge is 0.411 e. The van der Waals surface area contributed by atoms with Gasteiger partial charge in [-0.05, 0) is 20.8 Å². The largest absolute Gasteiger partial charge is 0.467 e. The molecule has 0 aromatic heterocycles. The van der Waals surface area contributed by atoms with Gasteiger partial charge in [0.15, 0.2) is 0 Å². The van der Waals surface area contributed by atoms with Crippen LogP contribution in [0.4, 0.5) is 4.79 Å². The molecule has 0 aromatic carbocycles. The topological polar surface area (TPSA) is 65.1 Å². The van der Waals surface area contributed by atoms with E-state index in [2.05, 4.69) is 0 Å². The van der Waals surface area contributed by atoms with Crippen molar-refractivity contribution >= 4 is 12.1 Å². The van der Waals surface area contributed by atoms with Crippen LogP contribution in [0.5, 0.6) is 0 Å². The van der Waals surface area contributed by atoms with E-state index in [1.165, 1.54) is 12.0 Å². The molecule has 6 heteroatoms. The van der Waals surface area contributed by atoms with Gasteiger partial charge in [0.05, 0.1) is 13.7 Å². The summed E-state index contributed by atoms with van der Waals surface area (Å²) in [7, 11) is 1.31. The molecular formula is C12H21NO5. The molecule has 0 N–H and O–H groups in total. The van der Waals surface area contributed by atoms with Crippen LogP contribution < -0.4 is 0 Å². The van der Waals surface area contributed by atoms with Crippen molar-refractivity contribution in [2.45, 2.75) is 38.8 Å². The standard InChI is InChI=1S/C12H21NO5/c1-12(2,3)18-11(15)13-6-8-17-7-5-9(13)10(14)16-4/h9H,5-8H2,1-4H3. The molecule has 1 saturated heterocycles. The highest BCUT2D eigenvalue weighted by Crippen LogP contribution is 2.16. The first-order chi connectivity index (χ1) is 8.35. The summed E-state index contributed by atoms with van der Waals surface area (Å²) in [5.41, 5.74) is -0.592. The van der Waals surface area contributed by atoms with Gasteiger partial charge in [0.1, 0.15) is 11.6 Å². The Morgan fingerprint density at radius 1 is 1.28 bits per heavy atom. The second-order valence-corrected chi connectivity index (χ2v) is 5.11. The van der Waals surface area contributed by atoms with Crippen LogP contribution >= 0.6 is 0 Å². The second kappa shape index (κ2) is 6.04. The molecule has 1 rings (SSSR count). The summed E-state index contributed by atoms with van der Waals surface area (Å²) in [6.45, 7) is 6.51. The predicted molar refractivity (Wildman–Crippen MR) is 64.2 cm³/mol. The lowest BCUT2D eigenvalue weighted by Crippen LogP contribution is -2.48. The quantitative estimate of drug-likeness (QED) is 0.662. The van der Waals surface area contributed by atoms with Crippen LogP contribution in [0.1, 0.15) is 27.2 Å². The molecule has 1 unspecified atom stereocenters. The number of rotatable bonds is 1. The van der Waals surface area contributed by atoms with E-state index in [4.69, 9.17) is 14.2 Å². The summed E-state index contributed by atoms with van der Waals surface area (Å²) in [6, 6.07) is -0.632. The Labute approximate surface area is 107 Å². The molecule has 0 aromatic rings. The average molecular weight is 259 g/mol. The van der Waals surface area contributed by atoms with E-state index in [0.717, 1.165) is 0 Å². The molecule has 0 aliphatic carbocycles. The van der Waals surface area contributed by atoms with Crippen LogP contribution in [0.15, 0.2) is 0 Å². The van der Waals surface area contributed by atoms with Crippen LogP contribution in [-0.2, 0) is 19.0 Å². The highest BCUT2D eigenvalue weighted by molar-refractivity contribution is 5.81. The lowest BCUT2D eigenvalue weighted by molar-refractivity contribution is -0.146. The fraction of sp³-hybridized carbons (Fsp3) is 0.833. The van der Waals surface area contributed by atoms with Crippen LogP contribution in [0.25, 0.3) is 0 Å². The van der Waals surface area contributed by atoms with Crippen molar-refractivity contribution < 1.29 is 23.8 Å². The highest BCUT2D eigenvalue weighted by atomic mass is 16.6. The summed E-state index contributed by atoms with van der Waals surface area (Å²) in [4.78, 5) is 25.1. The number of methoxy groups -OCH3 is 1. The first-order valence-electron chi connectivity index (χ1n) is 6.00. The molecule has 1 aliphatic rings. The number of hydrogen-bond acceptors (Lipinski definition) is 5. The minimum atomic E-state index is -0.632. The number of nitrogens with zero attached hydrogens (tertiary/aromatic N) is 1. The third kappa shape index (κ3) is 4.18. The number of carbonyl (C=O) groups is 2. The van der Waals surface area contributed by atoms with Crippen LogP contribution in [0.3, 0.4) is 0 Å². The van der Waals surface area contributed by atoms with E-state index in [9.17, 15) is 9.59 Å². The van der Waals surface area contributed by atoms with Gasteiger partial charge in [-0.1, -0.05) is 0 Å². The van der Waals surface area contributed by atoms with Gasteiger partial charge < -0.3 is 14.2 Å². The lowest BCUT2D eigenvalue weighted by Gasteiger charge is -2.30. The number of hydrogen-bond donors (Lipinski definition) is 0. The zero-order valence-corrected chi connectivity index (χ0v) is 11.4. The molecular weight excluding hydrogens is 238 g/mol. The molecule has 0 saturated carbocycles. The number of ether oxygens (including phenoxy) is 3. The number of esters is 1. The maximum atomic E-state index is 12.0. The minimum absolute atomic E-state index is 0.328. The van der Waals surface area contributed by atoms with Crippen molar-refractivity contribution in [2.24, 2.45) is 0 Å². The molecule has 18 heavy (non-hydrogen) atoms. The SMILES string of the molecule is COC(=O)C1CCOCCN1C(=O)OC(C)(C)C. The molecule has 0 spiro atoms. The van der Waals surface area contributed by atoms with E-state index < -0.39 is 23.7 Å². The van der Waals surface area contributed by atoms with Crippen LogP contribution in [0, 0.1) is 0 Å². The summed E-state index contributed by atoms with van der Waals surface area (Å²) in [5, 5.41) is 0. The molecule has 0 radical (unpaired) electrons. The van der Waals surface area contributed by atoms with E-state index in [1.54, 1.807) is 20.8 Å². The summed E-state index contributed by atoms with van der Waals surface area (Å²) in [5.74, 6) is -0.439. The summed E-state index contributed by atoms with van der Waals surface area (Å²) >= 11 is 0. The van der Waals surface area contributed by atoms with Gasteiger partial charge in [0.2, 0.25) is 0 Å². The average Bonchev–Trinajstić information content (AvgIpc) is 2.50. The first-order valence-corrected chi connectivity index (χ1v) is 6.00. The minimum Gasteiger partial charge on any atom is -0.467 e. The highest BCUT2D eigenvalue weighted by Gasteiger charge is 2.34. The molecule has 1 atom stereocenters. The van der Waals surface area contributed by atoms with Gasteiger partial charge >= 0.3 is 12.1 Å². The van der Waals surface area contributed by atoms with E-state index in [0.29, 0.717) is 26.2 Å². The molecule has 1 amide bonds. The van der Waals surface area contributed by atoms with Gasteiger partial charge in [0, 0.05) is 19.6 Å². The van der Waals surface area contributed by atoms with E-state index in [1.807, 2.05) is 0 Å². The molecule has 1 aliphatic heterocycles. The maximum absolute atomic E-state index is 12.0. The molecule has 6 nitrogen and oxygen atoms in total. The predicted octanol–water partition coefficient (Wildman–Crippen LogP) is 1.19. The Balaban J connectivity index is 2.79. The number of amides is 1. The third-order valence-electron chi connectivity index (χ3n) is 2.49. The summed E-state index contributed by atoms with van der Waals surface area (Å²) in [6.07, 6.45) is -0.0882. The van der Waals surface area contributed by atoms with Gasteiger partial charge in [-0.2, -0.15) is 0 Å². The van der Waals surface area contributed by atoms with Gasteiger partial charge in [-0.15, -0.1) is 0 Å². The number of carbonyl (C=O) groups excluding carboxylic acids is 2. The first kappa shape index (κ1) is 14.8.